The summed E-state index contributed by atoms with van der Waals surface area (Å²) in [5, 5.41) is 8.62. The largest absolute Gasteiger partial charge is 0.481 e. The molecule has 1 aliphatic rings. The molecule has 0 bridgehead atoms. The van der Waals surface area contributed by atoms with Crippen LogP contribution in [0.2, 0.25) is 0 Å². The Kier molecular flexibility index (Phi) is 5.36. The number of carboxylic acids is 1. The minimum Gasteiger partial charge on any atom is -0.481 e. The molecule has 2 rings (SSSR count). The van der Waals surface area contributed by atoms with Gasteiger partial charge in [0, 0.05) is 13.0 Å². The first kappa shape index (κ1) is 16.0. The summed E-state index contributed by atoms with van der Waals surface area (Å²) in [7, 11) is -3.29. The lowest BCUT2D eigenvalue weighted by Gasteiger charge is -2.10. The van der Waals surface area contributed by atoms with Crippen molar-refractivity contribution in [1.29, 1.82) is 0 Å². The molecule has 1 saturated heterocycles. The number of aryl methyl sites for hydroxylation is 1. The predicted molar refractivity (Wildman–Crippen MR) is 78.0 cm³/mol. The number of aliphatic carboxylic acids is 1. The highest BCUT2D eigenvalue weighted by molar-refractivity contribution is 7.91. The van der Waals surface area contributed by atoms with Gasteiger partial charge in [0.15, 0.2) is 9.84 Å². The highest BCUT2D eigenvalue weighted by Crippen LogP contribution is 2.19. The molecule has 1 aromatic rings. The van der Waals surface area contributed by atoms with Crippen LogP contribution in [-0.2, 0) is 25.8 Å². The Morgan fingerprint density at radius 2 is 2.00 bits per heavy atom. The van der Waals surface area contributed by atoms with Crippen molar-refractivity contribution in [2.45, 2.75) is 43.1 Å². The van der Waals surface area contributed by atoms with Crippen molar-refractivity contribution in [3.8, 4) is 0 Å². The van der Waals surface area contributed by atoms with E-state index < -0.39 is 15.8 Å². The number of hydrogen-bond donors (Lipinski definition) is 1. The minimum atomic E-state index is -3.29. The third-order valence-electron chi connectivity index (χ3n) is 3.64. The maximum atomic E-state index is 12.2. The van der Waals surface area contributed by atoms with E-state index in [1.165, 1.54) is 0 Å². The van der Waals surface area contributed by atoms with Gasteiger partial charge in [0.1, 0.15) is 0 Å². The van der Waals surface area contributed by atoms with Gasteiger partial charge in [-0.3, -0.25) is 4.79 Å². The maximum absolute atomic E-state index is 12.2. The van der Waals surface area contributed by atoms with Crippen molar-refractivity contribution in [3.63, 3.8) is 0 Å². The van der Waals surface area contributed by atoms with Crippen LogP contribution in [0.1, 0.15) is 31.2 Å². The van der Waals surface area contributed by atoms with Crippen molar-refractivity contribution in [1.82, 2.24) is 0 Å². The van der Waals surface area contributed by atoms with Crippen molar-refractivity contribution < 1.29 is 23.1 Å². The van der Waals surface area contributed by atoms with E-state index in [2.05, 4.69) is 0 Å². The van der Waals surface area contributed by atoms with Crippen LogP contribution in [0, 0.1) is 0 Å². The smallest absolute Gasteiger partial charge is 0.303 e. The second kappa shape index (κ2) is 7.04. The average Bonchev–Trinajstić information content (AvgIpc) is 2.97. The molecule has 0 aromatic heterocycles. The van der Waals surface area contributed by atoms with Gasteiger partial charge in [0.2, 0.25) is 0 Å². The summed E-state index contributed by atoms with van der Waals surface area (Å²) in [6, 6.07) is 6.48. The molecule has 0 aliphatic carbocycles. The Morgan fingerprint density at radius 1 is 1.29 bits per heavy atom. The summed E-state index contributed by atoms with van der Waals surface area (Å²) in [5.74, 6) is -0.769. The molecule has 0 spiro atoms. The summed E-state index contributed by atoms with van der Waals surface area (Å²) in [5.41, 5.74) is 0.829. The Morgan fingerprint density at radius 3 is 2.57 bits per heavy atom. The van der Waals surface area contributed by atoms with Gasteiger partial charge in [0.25, 0.3) is 0 Å². The van der Waals surface area contributed by atoms with E-state index in [-0.39, 0.29) is 18.3 Å². The highest BCUT2D eigenvalue weighted by atomic mass is 32.2. The van der Waals surface area contributed by atoms with Crippen LogP contribution in [0.4, 0.5) is 0 Å². The average molecular weight is 312 g/mol. The zero-order chi connectivity index (χ0) is 15.3. The van der Waals surface area contributed by atoms with Crippen LogP contribution in [0.15, 0.2) is 29.2 Å². The fourth-order valence-corrected chi connectivity index (χ4v) is 3.75. The van der Waals surface area contributed by atoms with Crippen LogP contribution >= 0.6 is 0 Å². The van der Waals surface area contributed by atoms with Gasteiger partial charge < -0.3 is 9.84 Å². The van der Waals surface area contributed by atoms with Crippen LogP contribution in [0.5, 0.6) is 0 Å². The molecular weight excluding hydrogens is 292 g/mol. The fraction of sp³-hybridized carbons (Fsp3) is 0.533. The quantitative estimate of drug-likeness (QED) is 0.833. The van der Waals surface area contributed by atoms with E-state index in [9.17, 15) is 13.2 Å². The molecule has 1 unspecified atom stereocenters. The van der Waals surface area contributed by atoms with Gasteiger partial charge >= 0.3 is 5.97 Å². The van der Waals surface area contributed by atoms with Gasteiger partial charge in [-0.1, -0.05) is 12.1 Å². The molecule has 116 valence electrons. The van der Waals surface area contributed by atoms with Crippen LogP contribution in [0.3, 0.4) is 0 Å². The first-order chi connectivity index (χ1) is 9.97. The van der Waals surface area contributed by atoms with Gasteiger partial charge in [0.05, 0.1) is 16.8 Å². The fourth-order valence-electron chi connectivity index (χ4n) is 2.39. The molecule has 1 aromatic carbocycles. The van der Waals surface area contributed by atoms with E-state index >= 15 is 0 Å². The first-order valence-corrected chi connectivity index (χ1v) is 8.78. The standard InChI is InChI=1S/C15H20O5S/c16-15(17)8-5-12-3-6-14(7-4-12)21(18,19)11-9-13-2-1-10-20-13/h3-4,6-7,13H,1-2,5,8-11H2,(H,16,17). The summed E-state index contributed by atoms with van der Waals surface area (Å²) >= 11 is 0. The Balaban J connectivity index is 1.94. The number of benzene rings is 1. The summed E-state index contributed by atoms with van der Waals surface area (Å²) in [6.45, 7) is 0.725. The third kappa shape index (κ3) is 4.82. The van der Waals surface area contributed by atoms with Crippen LogP contribution in [-0.4, -0.2) is 38.0 Å². The summed E-state index contributed by atoms with van der Waals surface area (Å²) in [6.07, 6.45) is 2.99. The molecule has 0 amide bonds. The molecule has 5 nitrogen and oxygen atoms in total. The topological polar surface area (TPSA) is 80.7 Å². The van der Waals surface area contributed by atoms with Crippen molar-refractivity contribution in [3.05, 3.63) is 29.8 Å². The zero-order valence-corrected chi connectivity index (χ0v) is 12.6. The van der Waals surface area contributed by atoms with E-state index in [0.717, 1.165) is 25.0 Å². The SMILES string of the molecule is O=C(O)CCc1ccc(S(=O)(=O)CCC2CCCO2)cc1. The van der Waals surface area contributed by atoms with E-state index in [0.29, 0.717) is 17.7 Å². The number of rotatable bonds is 7. The van der Waals surface area contributed by atoms with E-state index in [1.807, 2.05) is 0 Å². The molecule has 1 fully saturated rings. The zero-order valence-electron chi connectivity index (χ0n) is 11.8. The monoisotopic (exact) mass is 312 g/mol. The highest BCUT2D eigenvalue weighted by Gasteiger charge is 2.20. The molecular formula is C15H20O5S. The van der Waals surface area contributed by atoms with E-state index in [4.69, 9.17) is 9.84 Å². The summed E-state index contributed by atoms with van der Waals surface area (Å²) < 4.78 is 29.9. The number of carbonyl (C=O) groups is 1. The molecule has 6 heteroatoms. The number of carboxylic acid groups (broad SMARTS) is 1. The molecule has 21 heavy (non-hydrogen) atoms. The van der Waals surface area contributed by atoms with Gasteiger partial charge in [-0.2, -0.15) is 0 Å². The molecule has 0 saturated carbocycles. The van der Waals surface area contributed by atoms with Crippen molar-refractivity contribution in [2.75, 3.05) is 12.4 Å². The molecule has 0 radical (unpaired) electrons. The Labute approximate surface area is 124 Å². The van der Waals surface area contributed by atoms with Crippen molar-refractivity contribution >= 4 is 15.8 Å². The number of sulfone groups is 1. The third-order valence-corrected chi connectivity index (χ3v) is 5.41. The number of hydrogen-bond acceptors (Lipinski definition) is 4. The van der Waals surface area contributed by atoms with Gasteiger partial charge in [-0.05, 0) is 43.4 Å². The maximum Gasteiger partial charge on any atom is 0.303 e. The first-order valence-electron chi connectivity index (χ1n) is 7.12. The normalized spacial score (nSPS) is 18.8. The number of ether oxygens (including phenoxy) is 1. The Hall–Kier alpha value is -1.40. The lowest BCUT2D eigenvalue weighted by atomic mass is 10.1. The minimum absolute atomic E-state index is 0.0467. The molecule has 1 N–H and O–H groups in total. The second-order valence-corrected chi connectivity index (χ2v) is 7.39. The molecule has 1 atom stereocenters. The lowest BCUT2D eigenvalue weighted by molar-refractivity contribution is -0.136. The van der Waals surface area contributed by atoms with Crippen LogP contribution < -0.4 is 0 Å². The predicted octanol–water partition coefficient (Wildman–Crippen LogP) is 2.05. The van der Waals surface area contributed by atoms with E-state index in [1.54, 1.807) is 24.3 Å². The second-order valence-electron chi connectivity index (χ2n) is 5.28. The summed E-state index contributed by atoms with van der Waals surface area (Å²) in [4.78, 5) is 10.8. The Bertz CT molecular complexity index is 571. The van der Waals surface area contributed by atoms with Gasteiger partial charge in [-0.25, -0.2) is 8.42 Å². The lowest BCUT2D eigenvalue weighted by Crippen LogP contribution is -2.14. The van der Waals surface area contributed by atoms with Gasteiger partial charge in [-0.15, -0.1) is 0 Å². The molecule has 1 aliphatic heterocycles. The van der Waals surface area contributed by atoms with Crippen LogP contribution in [0.25, 0.3) is 0 Å². The van der Waals surface area contributed by atoms with Crippen molar-refractivity contribution in [2.24, 2.45) is 0 Å². The molecule has 1 heterocycles.